The first-order chi connectivity index (χ1) is 12.7. The van der Waals surface area contributed by atoms with Gasteiger partial charge in [0.15, 0.2) is 12.1 Å². The number of amides is 1. The smallest absolute Gasteiger partial charge is 0.276 e. The molecule has 1 atom stereocenters. The highest BCUT2D eigenvalue weighted by Gasteiger charge is 2.26. The number of aromatic nitrogens is 2. The van der Waals surface area contributed by atoms with Gasteiger partial charge in [-0.2, -0.15) is 0 Å². The maximum Gasteiger partial charge on any atom is 0.276 e. The number of carbonyl (C=O) groups excluding carboxylic acids is 1. The fraction of sp³-hybridized carbons (Fsp3) is 0.350. The molecule has 1 fully saturated rings. The highest BCUT2D eigenvalue weighted by atomic mass is 16.5. The SMILES string of the molecule is Cc1ocnc1C(=O)N1CCOC[C@H](Cc2ccc3ncccc3c2)C1. The van der Waals surface area contributed by atoms with Crippen molar-refractivity contribution in [2.24, 2.45) is 5.92 Å². The van der Waals surface area contributed by atoms with Crippen LogP contribution in [-0.4, -0.2) is 47.1 Å². The lowest BCUT2D eigenvalue weighted by molar-refractivity contribution is 0.0730. The van der Waals surface area contributed by atoms with E-state index in [1.165, 1.54) is 12.0 Å². The number of pyridine rings is 1. The van der Waals surface area contributed by atoms with Crippen LogP contribution in [0, 0.1) is 12.8 Å². The van der Waals surface area contributed by atoms with Crippen LogP contribution in [0.15, 0.2) is 47.3 Å². The number of hydrogen-bond acceptors (Lipinski definition) is 5. The van der Waals surface area contributed by atoms with Gasteiger partial charge in [-0.3, -0.25) is 9.78 Å². The van der Waals surface area contributed by atoms with Crippen LogP contribution in [0.3, 0.4) is 0 Å². The molecule has 2 aromatic heterocycles. The van der Waals surface area contributed by atoms with Crippen LogP contribution in [0.4, 0.5) is 0 Å². The van der Waals surface area contributed by atoms with Gasteiger partial charge in [0.1, 0.15) is 5.76 Å². The third-order valence-corrected chi connectivity index (χ3v) is 4.76. The van der Waals surface area contributed by atoms with Crippen LogP contribution in [0.1, 0.15) is 21.8 Å². The van der Waals surface area contributed by atoms with Crippen LogP contribution < -0.4 is 0 Å². The summed E-state index contributed by atoms with van der Waals surface area (Å²) in [5.41, 5.74) is 2.61. The van der Waals surface area contributed by atoms with Gasteiger partial charge in [-0.25, -0.2) is 4.98 Å². The van der Waals surface area contributed by atoms with Gasteiger partial charge in [0.2, 0.25) is 0 Å². The third kappa shape index (κ3) is 3.46. The van der Waals surface area contributed by atoms with Gasteiger partial charge < -0.3 is 14.1 Å². The zero-order chi connectivity index (χ0) is 17.9. The van der Waals surface area contributed by atoms with E-state index in [1.807, 2.05) is 17.0 Å². The Hall–Kier alpha value is -2.73. The van der Waals surface area contributed by atoms with Crippen molar-refractivity contribution in [3.63, 3.8) is 0 Å². The van der Waals surface area contributed by atoms with E-state index < -0.39 is 0 Å². The maximum absolute atomic E-state index is 12.7. The number of hydrogen-bond donors (Lipinski definition) is 0. The van der Waals surface area contributed by atoms with Crippen molar-refractivity contribution < 1.29 is 13.9 Å². The highest BCUT2D eigenvalue weighted by molar-refractivity contribution is 5.93. The molecule has 3 heterocycles. The second-order valence-electron chi connectivity index (χ2n) is 6.68. The first kappa shape index (κ1) is 16.7. The van der Waals surface area contributed by atoms with Crippen molar-refractivity contribution in [1.29, 1.82) is 0 Å². The molecule has 0 spiro atoms. The zero-order valence-corrected chi connectivity index (χ0v) is 14.7. The molecule has 134 valence electrons. The molecule has 0 saturated carbocycles. The Labute approximate surface area is 151 Å². The molecule has 6 nitrogen and oxygen atoms in total. The van der Waals surface area contributed by atoms with Gasteiger partial charge in [0, 0.05) is 30.6 Å². The van der Waals surface area contributed by atoms with Crippen molar-refractivity contribution in [3.05, 3.63) is 59.9 Å². The number of aryl methyl sites for hydroxylation is 1. The maximum atomic E-state index is 12.7. The number of rotatable bonds is 3. The summed E-state index contributed by atoms with van der Waals surface area (Å²) in [5.74, 6) is 0.705. The summed E-state index contributed by atoms with van der Waals surface area (Å²) >= 11 is 0. The first-order valence-electron chi connectivity index (χ1n) is 8.81. The Morgan fingerprint density at radius 1 is 1.31 bits per heavy atom. The summed E-state index contributed by atoms with van der Waals surface area (Å²) in [6, 6.07) is 10.3. The van der Waals surface area contributed by atoms with E-state index >= 15 is 0 Å². The Morgan fingerprint density at radius 2 is 2.23 bits per heavy atom. The Bertz CT molecular complexity index is 921. The Morgan fingerprint density at radius 3 is 3.08 bits per heavy atom. The average Bonchev–Trinajstić information content (AvgIpc) is 2.95. The summed E-state index contributed by atoms with van der Waals surface area (Å²) in [5, 5.41) is 1.13. The number of nitrogens with zero attached hydrogens (tertiary/aromatic N) is 3. The van der Waals surface area contributed by atoms with Gasteiger partial charge in [-0.1, -0.05) is 12.1 Å². The van der Waals surface area contributed by atoms with Crippen molar-refractivity contribution in [3.8, 4) is 0 Å². The monoisotopic (exact) mass is 351 g/mol. The van der Waals surface area contributed by atoms with E-state index in [4.69, 9.17) is 9.15 Å². The normalized spacial score (nSPS) is 18.0. The Balaban J connectivity index is 1.50. The average molecular weight is 351 g/mol. The molecule has 0 bridgehead atoms. The van der Waals surface area contributed by atoms with Gasteiger partial charge >= 0.3 is 0 Å². The molecule has 4 rings (SSSR count). The number of carbonyl (C=O) groups is 1. The quantitative estimate of drug-likeness (QED) is 0.726. The molecule has 6 heteroatoms. The molecule has 0 aliphatic carbocycles. The summed E-state index contributed by atoms with van der Waals surface area (Å²) < 4.78 is 10.9. The molecule has 0 N–H and O–H groups in total. The molecule has 1 aromatic carbocycles. The largest absolute Gasteiger partial charge is 0.448 e. The minimum absolute atomic E-state index is 0.0885. The number of ether oxygens (including phenoxy) is 1. The zero-order valence-electron chi connectivity index (χ0n) is 14.7. The number of oxazole rings is 1. The minimum atomic E-state index is -0.0885. The van der Waals surface area contributed by atoms with Gasteiger partial charge in [-0.05, 0) is 37.1 Å². The molecular formula is C20H21N3O3. The van der Waals surface area contributed by atoms with Crippen LogP contribution >= 0.6 is 0 Å². The Kier molecular flexibility index (Phi) is 4.67. The van der Waals surface area contributed by atoms with E-state index in [-0.39, 0.29) is 11.8 Å². The molecular weight excluding hydrogens is 330 g/mol. The van der Waals surface area contributed by atoms with Crippen molar-refractivity contribution in [2.45, 2.75) is 13.3 Å². The van der Waals surface area contributed by atoms with Crippen molar-refractivity contribution >= 4 is 16.8 Å². The summed E-state index contributed by atoms with van der Waals surface area (Å²) in [6.45, 7) is 4.17. The lowest BCUT2D eigenvalue weighted by atomic mass is 9.98. The van der Waals surface area contributed by atoms with E-state index in [9.17, 15) is 4.79 Å². The molecule has 0 unspecified atom stereocenters. The predicted molar refractivity (Wildman–Crippen MR) is 96.9 cm³/mol. The number of benzene rings is 1. The number of fused-ring (bicyclic) bond motifs is 1. The second-order valence-corrected chi connectivity index (χ2v) is 6.68. The van der Waals surface area contributed by atoms with E-state index in [1.54, 1.807) is 13.1 Å². The van der Waals surface area contributed by atoms with E-state index in [0.29, 0.717) is 37.8 Å². The van der Waals surface area contributed by atoms with Gasteiger partial charge in [0.05, 0.1) is 18.7 Å². The summed E-state index contributed by atoms with van der Waals surface area (Å²) in [6.07, 6.45) is 3.97. The van der Waals surface area contributed by atoms with E-state index in [0.717, 1.165) is 17.3 Å². The summed E-state index contributed by atoms with van der Waals surface area (Å²) in [7, 11) is 0. The molecule has 1 amide bonds. The van der Waals surface area contributed by atoms with Crippen LogP contribution in [0.5, 0.6) is 0 Å². The molecule has 0 radical (unpaired) electrons. The van der Waals surface area contributed by atoms with Crippen molar-refractivity contribution in [2.75, 3.05) is 26.3 Å². The van der Waals surface area contributed by atoms with Crippen molar-refractivity contribution in [1.82, 2.24) is 14.9 Å². The topological polar surface area (TPSA) is 68.5 Å². The van der Waals surface area contributed by atoms with Gasteiger partial charge in [0.25, 0.3) is 5.91 Å². The molecule has 3 aromatic rings. The molecule has 1 saturated heterocycles. The van der Waals surface area contributed by atoms with Crippen LogP contribution in [0.25, 0.3) is 10.9 Å². The fourth-order valence-electron chi connectivity index (χ4n) is 3.43. The predicted octanol–water partition coefficient (Wildman–Crippen LogP) is 2.86. The standard InChI is InChI=1S/C20H21N3O3/c1-14-19(22-13-26-14)20(24)23-7-8-25-12-16(11-23)9-15-4-5-18-17(10-15)3-2-6-21-18/h2-6,10,13,16H,7-9,11-12H2,1H3/t16-/m1/s1. The first-order valence-corrected chi connectivity index (χ1v) is 8.81. The van der Waals surface area contributed by atoms with Crippen LogP contribution in [-0.2, 0) is 11.2 Å². The van der Waals surface area contributed by atoms with Crippen LogP contribution in [0.2, 0.25) is 0 Å². The lowest BCUT2D eigenvalue weighted by Gasteiger charge is -2.23. The third-order valence-electron chi connectivity index (χ3n) is 4.76. The second kappa shape index (κ2) is 7.25. The summed E-state index contributed by atoms with van der Waals surface area (Å²) in [4.78, 5) is 23.0. The van der Waals surface area contributed by atoms with Gasteiger partial charge in [-0.15, -0.1) is 0 Å². The lowest BCUT2D eigenvalue weighted by Crippen LogP contribution is -2.36. The molecule has 26 heavy (non-hydrogen) atoms. The molecule has 1 aliphatic rings. The minimum Gasteiger partial charge on any atom is -0.448 e. The fourth-order valence-corrected chi connectivity index (χ4v) is 3.43. The highest BCUT2D eigenvalue weighted by Crippen LogP contribution is 2.20. The van der Waals surface area contributed by atoms with E-state index in [2.05, 4.69) is 28.2 Å². The molecule has 1 aliphatic heterocycles.